The minimum absolute atomic E-state index is 0.168. The minimum Gasteiger partial charge on any atom is -0.496 e. The molecule has 0 aromatic heterocycles. The van der Waals surface area contributed by atoms with Crippen LogP contribution in [0.5, 0.6) is 34.5 Å². The molecule has 0 aliphatic rings. The SMILES string of the molecule is CCOc1cc(C=NNC(=O)c2cccc(NC(=O)c3cc(Cl)ccc3OC)c2)ccc1OC(=O)c1cc(OC)c(OC)c(OC)c1. The Labute approximate surface area is 276 Å². The minimum atomic E-state index is -0.677. The molecule has 0 aliphatic carbocycles. The van der Waals surface area contributed by atoms with Gasteiger partial charge < -0.3 is 33.7 Å². The average molecular weight is 662 g/mol. The van der Waals surface area contributed by atoms with Crippen LogP contribution in [-0.4, -0.2) is 59.0 Å². The number of methoxy groups -OCH3 is 4. The van der Waals surface area contributed by atoms with Crippen molar-refractivity contribution in [3.63, 3.8) is 0 Å². The number of hydrogen-bond donors (Lipinski definition) is 2. The van der Waals surface area contributed by atoms with E-state index in [9.17, 15) is 14.4 Å². The molecule has 4 aromatic carbocycles. The Bertz CT molecular complexity index is 1780. The van der Waals surface area contributed by atoms with Crippen LogP contribution >= 0.6 is 11.6 Å². The van der Waals surface area contributed by atoms with Gasteiger partial charge in [0.15, 0.2) is 23.0 Å². The third-order valence-electron chi connectivity index (χ3n) is 6.54. The van der Waals surface area contributed by atoms with E-state index in [0.717, 1.165) is 0 Å². The number of nitrogens with zero attached hydrogens (tertiary/aromatic N) is 1. The van der Waals surface area contributed by atoms with Crippen LogP contribution in [0.1, 0.15) is 43.6 Å². The normalized spacial score (nSPS) is 10.6. The molecule has 2 N–H and O–H groups in total. The number of hydrogen-bond acceptors (Lipinski definition) is 10. The lowest BCUT2D eigenvalue weighted by atomic mass is 10.1. The number of ether oxygens (including phenoxy) is 6. The molecule has 0 spiro atoms. The highest BCUT2D eigenvalue weighted by molar-refractivity contribution is 6.31. The van der Waals surface area contributed by atoms with Gasteiger partial charge in [0, 0.05) is 16.3 Å². The summed E-state index contributed by atoms with van der Waals surface area (Å²) in [6.07, 6.45) is 1.41. The third-order valence-corrected chi connectivity index (χ3v) is 6.77. The first-order valence-corrected chi connectivity index (χ1v) is 14.5. The second-order valence-electron chi connectivity index (χ2n) is 9.52. The number of esters is 1. The summed E-state index contributed by atoms with van der Waals surface area (Å²) in [6, 6.07) is 18.8. The van der Waals surface area contributed by atoms with E-state index in [1.54, 1.807) is 55.5 Å². The molecule has 0 saturated carbocycles. The molecular formula is C34H32ClN3O9. The fourth-order valence-corrected chi connectivity index (χ4v) is 4.51. The Kier molecular flexibility index (Phi) is 11.6. The van der Waals surface area contributed by atoms with Gasteiger partial charge in [-0.3, -0.25) is 9.59 Å². The molecule has 2 amide bonds. The van der Waals surface area contributed by atoms with Gasteiger partial charge in [-0.15, -0.1) is 0 Å². The first kappa shape index (κ1) is 34.1. The topological polar surface area (TPSA) is 143 Å². The first-order valence-electron chi connectivity index (χ1n) is 14.1. The maximum atomic E-state index is 13.0. The van der Waals surface area contributed by atoms with Gasteiger partial charge in [0.25, 0.3) is 11.8 Å². The maximum Gasteiger partial charge on any atom is 0.343 e. The van der Waals surface area contributed by atoms with E-state index < -0.39 is 17.8 Å². The fourth-order valence-electron chi connectivity index (χ4n) is 4.34. The van der Waals surface area contributed by atoms with Crippen LogP contribution in [0, 0.1) is 0 Å². The van der Waals surface area contributed by atoms with Gasteiger partial charge in [-0.25, -0.2) is 10.2 Å². The molecule has 0 heterocycles. The van der Waals surface area contributed by atoms with E-state index >= 15 is 0 Å². The third kappa shape index (κ3) is 8.50. The summed E-state index contributed by atoms with van der Waals surface area (Å²) < 4.78 is 32.5. The van der Waals surface area contributed by atoms with Crippen molar-refractivity contribution in [1.82, 2.24) is 5.43 Å². The maximum absolute atomic E-state index is 13.0. The predicted molar refractivity (Wildman–Crippen MR) is 176 cm³/mol. The second kappa shape index (κ2) is 16.0. The van der Waals surface area contributed by atoms with E-state index in [1.165, 1.54) is 58.9 Å². The molecule has 12 nitrogen and oxygen atoms in total. The lowest BCUT2D eigenvalue weighted by molar-refractivity contribution is 0.0727. The van der Waals surface area contributed by atoms with Crippen LogP contribution in [0.3, 0.4) is 0 Å². The van der Waals surface area contributed by atoms with Crippen molar-refractivity contribution in [2.75, 3.05) is 40.4 Å². The van der Waals surface area contributed by atoms with Gasteiger partial charge in [0.2, 0.25) is 5.75 Å². The molecule has 47 heavy (non-hydrogen) atoms. The largest absolute Gasteiger partial charge is 0.496 e. The van der Waals surface area contributed by atoms with Crippen LogP contribution < -0.4 is 39.2 Å². The average Bonchev–Trinajstić information content (AvgIpc) is 3.08. The van der Waals surface area contributed by atoms with Gasteiger partial charge in [0.05, 0.1) is 52.4 Å². The molecule has 0 saturated heterocycles. The number of carbonyl (C=O) groups excluding carboxylic acids is 3. The van der Waals surface area contributed by atoms with E-state index in [-0.39, 0.29) is 28.2 Å². The Balaban J connectivity index is 1.44. The van der Waals surface area contributed by atoms with E-state index in [2.05, 4.69) is 15.8 Å². The number of halogens is 1. The van der Waals surface area contributed by atoms with Crippen LogP contribution in [0.2, 0.25) is 5.02 Å². The predicted octanol–water partition coefficient (Wildman–Crippen LogP) is 6.01. The van der Waals surface area contributed by atoms with Crippen molar-refractivity contribution in [2.24, 2.45) is 5.10 Å². The molecule has 0 bridgehead atoms. The highest BCUT2D eigenvalue weighted by Crippen LogP contribution is 2.39. The number of hydrazone groups is 1. The van der Waals surface area contributed by atoms with Gasteiger partial charge in [0.1, 0.15) is 5.75 Å². The zero-order chi connectivity index (χ0) is 33.9. The van der Waals surface area contributed by atoms with Gasteiger partial charge in [-0.2, -0.15) is 5.10 Å². The summed E-state index contributed by atoms with van der Waals surface area (Å²) in [5.41, 5.74) is 4.06. The molecular weight excluding hydrogens is 630 g/mol. The Morgan fingerprint density at radius 3 is 2.11 bits per heavy atom. The lowest BCUT2D eigenvalue weighted by Gasteiger charge is -2.15. The molecule has 4 aromatic rings. The number of amides is 2. The van der Waals surface area contributed by atoms with E-state index in [1.807, 2.05) is 0 Å². The molecule has 0 unspecified atom stereocenters. The fraction of sp³-hybridized carbons (Fsp3) is 0.176. The second-order valence-corrected chi connectivity index (χ2v) is 9.96. The van der Waals surface area contributed by atoms with Crippen molar-refractivity contribution in [2.45, 2.75) is 6.92 Å². The number of benzene rings is 4. The number of rotatable bonds is 13. The van der Waals surface area contributed by atoms with Crippen molar-refractivity contribution >= 4 is 41.3 Å². The molecule has 0 fully saturated rings. The van der Waals surface area contributed by atoms with Crippen LogP contribution in [-0.2, 0) is 0 Å². The summed E-state index contributed by atoms with van der Waals surface area (Å²) in [5, 5.41) is 7.15. The van der Waals surface area contributed by atoms with Gasteiger partial charge >= 0.3 is 5.97 Å². The molecule has 244 valence electrons. The zero-order valence-corrected chi connectivity index (χ0v) is 27.0. The summed E-state index contributed by atoms with van der Waals surface area (Å²) in [6.45, 7) is 2.08. The molecule has 4 rings (SSSR count). The van der Waals surface area contributed by atoms with Crippen LogP contribution in [0.4, 0.5) is 5.69 Å². The molecule has 0 aliphatic heterocycles. The smallest absolute Gasteiger partial charge is 0.343 e. The van der Waals surface area contributed by atoms with Crippen molar-refractivity contribution in [3.8, 4) is 34.5 Å². The van der Waals surface area contributed by atoms with Gasteiger partial charge in [-0.1, -0.05) is 17.7 Å². The number of carbonyl (C=O) groups is 3. The molecule has 13 heteroatoms. The Morgan fingerprint density at radius 1 is 0.745 bits per heavy atom. The highest BCUT2D eigenvalue weighted by atomic mass is 35.5. The summed E-state index contributed by atoms with van der Waals surface area (Å²) in [4.78, 5) is 38.7. The summed E-state index contributed by atoms with van der Waals surface area (Å²) in [7, 11) is 5.80. The molecule has 0 radical (unpaired) electrons. The first-order chi connectivity index (χ1) is 22.7. The Morgan fingerprint density at radius 2 is 1.45 bits per heavy atom. The summed E-state index contributed by atoms with van der Waals surface area (Å²) in [5.74, 6) is 0.0906. The number of nitrogens with one attached hydrogen (secondary N) is 2. The monoisotopic (exact) mass is 661 g/mol. The Hall–Kier alpha value is -5.75. The van der Waals surface area contributed by atoms with Crippen LogP contribution in [0.25, 0.3) is 0 Å². The van der Waals surface area contributed by atoms with Crippen molar-refractivity contribution in [3.05, 3.63) is 100 Å². The lowest BCUT2D eigenvalue weighted by Crippen LogP contribution is -2.18. The highest BCUT2D eigenvalue weighted by Gasteiger charge is 2.20. The van der Waals surface area contributed by atoms with Gasteiger partial charge in [-0.05, 0) is 79.2 Å². The zero-order valence-electron chi connectivity index (χ0n) is 26.2. The van der Waals surface area contributed by atoms with Crippen molar-refractivity contribution in [1.29, 1.82) is 0 Å². The van der Waals surface area contributed by atoms with E-state index in [0.29, 0.717) is 45.9 Å². The standard InChI is InChI=1S/C34H32ClN3O9/c1-6-46-28-14-20(10-12-27(28)47-34(41)22-16-29(43-3)31(45-5)30(17-22)44-4)19-36-38-32(39)21-8-7-9-24(15-21)37-33(40)25-18-23(35)11-13-26(25)42-2/h7-19H,6H2,1-5H3,(H,37,40)(H,38,39). The van der Waals surface area contributed by atoms with Crippen LogP contribution in [0.15, 0.2) is 77.9 Å². The van der Waals surface area contributed by atoms with Crippen molar-refractivity contribution < 1.29 is 42.8 Å². The van der Waals surface area contributed by atoms with E-state index in [4.69, 9.17) is 40.0 Å². The summed E-state index contributed by atoms with van der Waals surface area (Å²) >= 11 is 6.04. The number of anilines is 1. The molecule has 0 atom stereocenters. The quantitative estimate of drug-likeness (QED) is 0.0762.